The van der Waals surface area contributed by atoms with Gasteiger partial charge in [-0.15, -0.1) is 0 Å². The van der Waals surface area contributed by atoms with Gasteiger partial charge in [0.05, 0.1) is 14.2 Å². The smallest absolute Gasteiger partial charge is 0.162 e. The Balaban J connectivity index is 1.80. The topological polar surface area (TPSA) is 59.5 Å². The summed E-state index contributed by atoms with van der Waals surface area (Å²) in [5, 5.41) is 3.33. The Labute approximate surface area is 149 Å². The molecule has 1 fully saturated rings. The summed E-state index contributed by atoms with van der Waals surface area (Å²) in [6, 6.07) is 8.30. The Morgan fingerprint density at radius 1 is 1.12 bits per heavy atom. The Morgan fingerprint density at radius 3 is 2.72 bits per heavy atom. The second-order valence-electron chi connectivity index (χ2n) is 6.21. The molecule has 6 nitrogen and oxygen atoms in total. The zero-order valence-electron chi connectivity index (χ0n) is 15.2. The normalized spacial score (nSPS) is 17.2. The van der Waals surface area contributed by atoms with Gasteiger partial charge in [0.1, 0.15) is 18.0 Å². The molecule has 0 spiro atoms. The summed E-state index contributed by atoms with van der Waals surface area (Å²) in [5.74, 6) is 3.15. The number of nitrogens with one attached hydrogen (secondary N) is 1. The van der Waals surface area contributed by atoms with E-state index in [9.17, 15) is 0 Å². The number of rotatable bonds is 6. The maximum absolute atomic E-state index is 5.36. The van der Waals surface area contributed by atoms with Gasteiger partial charge in [0.2, 0.25) is 0 Å². The van der Waals surface area contributed by atoms with E-state index < -0.39 is 0 Å². The SMILES string of the molecule is CCC1CCCCN1c1cc(Nc2ccc(OC)c(OC)c2)ncn1. The number of hydrogen-bond donors (Lipinski definition) is 1. The van der Waals surface area contributed by atoms with Crippen LogP contribution in [0.3, 0.4) is 0 Å². The minimum absolute atomic E-state index is 0.567. The maximum atomic E-state index is 5.36. The molecule has 1 aliphatic heterocycles. The Bertz CT molecular complexity index is 708. The maximum Gasteiger partial charge on any atom is 0.162 e. The predicted molar refractivity (Wildman–Crippen MR) is 100 cm³/mol. The van der Waals surface area contributed by atoms with Crippen molar-refractivity contribution in [3.8, 4) is 11.5 Å². The van der Waals surface area contributed by atoms with Gasteiger partial charge in [-0.1, -0.05) is 6.92 Å². The lowest BCUT2D eigenvalue weighted by atomic mass is 10.0. The molecule has 25 heavy (non-hydrogen) atoms. The molecule has 0 bridgehead atoms. The summed E-state index contributed by atoms with van der Waals surface area (Å²) in [4.78, 5) is 11.3. The molecule has 0 aliphatic carbocycles. The summed E-state index contributed by atoms with van der Waals surface area (Å²) >= 11 is 0. The number of anilines is 3. The van der Waals surface area contributed by atoms with E-state index in [1.807, 2.05) is 24.3 Å². The van der Waals surface area contributed by atoms with Crippen molar-refractivity contribution < 1.29 is 9.47 Å². The molecular formula is C19H26N4O2. The third-order valence-electron chi connectivity index (χ3n) is 4.70. The van der Waals surface area contributed by atoms with Gasteiger partial charge < -0.3 is 19.7 Å². The standard InChI is InChI=1S/C19H26N4O2/c1-4-15-7-5-6-10-23(15)19-12-18(20-13-21-19)22-14-8-9-16(24-2)17(11-14)25-3/h8-9,11-13,15H,4-7,10H2,1-3H3,(H,20,21,22). The molecule has 1 aliphatic rings. The molecule has 1 saturated heterocycles. The molecule has 0 amide bonds. The lowest BCUT2D eigenvalue weighted by Gasteiger charge is -2.36. The lowest BCUT2D eigenvalue weighted by Crippen LogP contribution is -2.39. The van der Waals surface area contributed by atoms with Crippen molar-refractivity contribution in [1.82, 2.24) is 9.97 Å². The predicted octanol–water partition coefficient (Wildman–Crippen LogP) is 4.01. The fourth-order valence-electron chi connectivity index (χ4n) is 3.36. The highest BCUT2D eigenvalue weighted by Crippen LogP contribution is 2.31. The highest BCUT2D eigenvalue weighted by molar-refractivity contribution is 5.63. The van der Waals surface area contributed by atoms with Crippen molar-refractivity contribution in [3.05, 3.63) is 30.6 Å². The average molecular weight is 342 g/mol. The van der Waals surface area contributed by atoms with Crippen LogP contribution in [0.1, 0.15) is 32.6 Å². The molecule has 134 valence electrons. The zero-order chi connectivity index (χ0) is 17.6. The Hall–Kier alpha value is -2.50. The first kappa shape index (κ1) is 17.3. The number of hydrogen-bond acceptors (Lipinski definition) is 6. The molecule has 2 aromatic rings. The Morgan fingerprint density at radius 2 is 1.96 bits per heavy atom. The van der Waals surface area contributed by atoms with E-state index in [4.69, 9.17) is 9.47 Å². The Kier molecular flexibility index (Phi) is 5.58. The summed E-state index contributed by atoms with van der Waals surface area (Å²) in [6.07, 6.45) is 6.52. The molecule has 3 rings (SSSR count). The number of aromatic nitrogens is 2. The third kappa shape index (κ3) is 3.95. The van der Waals surface area contributed by atoms with Crippen LogP contribution in [0.25, 0.3) is 0 Å². The third-order valence-corrected chi connectivity index (χ3v) is 4.70. The lowest BCUT2D eigenvalue weighted by molar-refractivity contribution is 0.355. The van der Waals surface area contributed by atoms with Crippen LogP contribution in [0, 0.1) is 0 Å². The summed E-state index contributed by atoms with van der Waals surface area (Å²) < 4.78 is 10.6. The van der Waals surface area contributed by atoms with Crippen molar-refractivity contribution in [1.29, 1.82) is 0 Å². The van der Waals surface area contributed by atoms with Crippen LogP contribution >= 0.6 is 0 Å². The molecule has 1 aromatic carbocycles. The zero-order valence-corrected chi connectivity index (χ0v) is 15.2. The van der Waals surface area contributed by atoms with Crippen LogP contribution in [0.4, 0.5) is 17.3 Å². The summed E-state index contributed by atoms with van der Waals surface area (Å²) in [5.41, 5.74) is 0.896. The average Bonchev–Trinajstić information content (AvgIpc) is 2.68. The highest BCUT2D eigenvalue weighted by atomic mass is 16.5. The molecule has 1 N–H and O–H groups in total. The second kappa shape index (κ2) is 8.05. The summed E-state index contributed by atoms with van der Waals surface area (Å²) in [7, 11) is 3.26. The van der Waals surface area contributed by atoms with Gasteiger partial charge in [0.25, 0.3) is 0 Å². The minimum Gasteiger partial charge on any atom is -0.493 e. The van der Waals surface area contributed by atoms with Gasteiger partial charge in [-0.2, -0.15) is 0 Å². The van der Waals surface area contributed by atoms with Crippen molar-refractivity contribution in [3.63, 3.8) is 0 Å². The van der Waals surface area contributed by atoms with Gasteiger partial charge in [-0.05, 0) is 37.8 Å². The van der Waals surface area contributed by atoms with Gasteiger partial charge in [-0.3, -0.25) is 0 Å². The van der Waals surface area contributed by atoms with Gasteiger partial charge in [0.15, 0.2) is 11.5 Å². The monoisotopic (exact) mass is 342 g/mol. The van der Waals surface area contributed by atoms with E-state index in [0.29, 0.717) is 17.5 Å². The van der Waals surface area contributed by atoms with Crippen LogP contribution < -0.4 is 19.7 Å². The second-order valence-corrected chi connectivity index (χ2v) is 6.21. The number of benzene rings is 1. The molecule has 6 heteroatoms. The number of methoxy groups -OCH3 is 2. The largest absolute Gasteiger partial charge is 0.493 e. The molecule has 0 radical (unpaired) electrons. The molecule has 1 aromatic heterocycles. The fourth-order valence-corrected chi connectivity index (χ4v) is 3.36. The van der Waals surface area contributed by atoms with E-state index >= 15 is 0 Å². The van der Waals surface area contributed by atoms with E-state index in [-0.39, 0.29) is 0 Å². The van der Waals surface area contributed by atoms with Crippen LogP contribution in [-0.2, 0) is 0 Å². The number of nitrogens with zero attached hydrogens (tertiary/aromatic N) is 3. The van der Waals surface area contributed by atoms with E-state index in [0.717, 1.165) is 30.3 Å². The number of piperidine rings is 1. The minimum atomic E-state index is 0.567. The van der Waals surface area contributed by atoms with Gasteiger partial charge in [0, 0.05) is 30.4 Å². The van der Waals surface area contributed by atoms with Crippen molar-refractivity contribution in [2.75, 3.05) is 31.0 Å². The molecule has 2 heterocycles. The van der Waals surface area contributed by atoms with E-state index in [2.05, 4.69) is 27.1 Å². The quantitative estimate of drug-likeness (QED) is 0.856. The summed E-state index contributed by atoms with van der Waals surface area (Å²) in [6.45, 7) is 3.30. The first-order valence-electron chi connectivity index (χ1n) is 8.83. The van der Waals surface area contributed by atoms with Crippen molar-refractivity contribution >= 4 is 17.3 Å². The van der Waals surface area contributed by atoms with E-state index in [1.165, 1.54) is 19.3 Å². The first-order chi connectivity index (χ1) is 12.2. The van der Waals surface area contributed by atoms with Crippen molar-refractivity contribution in [2.24, 2.45) is 0 Å². The van der Waals surface area contributed by atoms with Crippen LogP contribution in [-0.4, -0.2) is 36.8 Å². The first-order valence-corrected chi connectivity index (χ1v) is 8.83. The molecular weight excluding hydrogens is 316 g/mol. The van der Waals surface area contributed by atoms with Gasteiger partial charge in [-0.25, -0.2) is 9.97 Å². The fraction of sp³-hybridized carbons (Fsp3) is 0.474. The molecule has 1 unspecified atom stereocenters. The van der Waals surface area contributed by atoms with Gasteiger partial charge >= 0.3 is 0 Å². The van der Waals surface area contributed by atoms with Crippen LogP contribution in [0.5, 0.6) is 11.5 Å². The van der Waals surface area contributed by atoms with Crippen LogP contribution in [0.2, 0.25) is 0 Å². The van der Waals surface area contributed by atoms with Crippen molar-refractivity contribution in [2.45, 2.75) is 38.6 Å². The molecule has 1 atom stereocenters. The number of ether oxygens (including phenoxy) is 2. The van der Waals surface area contributed by atoms with Crippen LogP contribution in [0.15, 0.2) is 30.6 Å². The highest BCUT2D eigenvalue weighted by Gasteiger charge is 2.22. The van der Waals surface area contributed by atoms with E-state index in [1.54, 1.807) is 20.5 Å². The molecule has 0 saturated carbocycles.